The number of alkyl halides is 2. The van der Waals surface area contributed by atoms with Gasteiger partial charge in [0.05, 0.1) is 5.56 Å². The summed E-state index contributed by atoms with van der Waals surface area (Å²) in [5.41, 5.74) is -0.111. The van der Waals surface area contributed by atoms with Crippen LogP contribution in [-0.2, 0) is 19.0 Å². The minimum absolute atomic E-state index is 0.158. The molecule has 0 aliphatic heterocycles. The molecule has 4 rings (SSSR count). The second-order valence-electron chi connectivity index (χ2n) is 9.17. The van der Waals surface area contributed by atoms with Crippen LogP contribution >= 0.6 is 0 Å². The second-order valence-corrected chi connectivity index (χ2v) is 9.17. The van der Waals surface area contributed by atoms with Gasteiger partial charge in [-0.3, -0.25) is 0 Å². The second kappa shape index (κ2) is 10.9. The number of ether oxygens (including phenoxy) is 2. The van der Waals surface area contributed by atoms with Crippen molar-refractivity contribution in [2.75, 3.05) is 0 Å². The highest BCUT2D eigenvalue weighted by Gasteiger charge is 2.42. The lowest BCUT2D eigenvalue weighted by atomic mass is 9.99. The fourth-order valence-corrected chi connectivity index (χ4v) is 4.60. The van der Waals surface area contributed by atoms with Gasteiger partial charge in [0, 0.05) is 29.8 Å². The van der Waals surface area contributed by atoms with Crippen molar-refractivity contribution in [1.82, 2.24) is 0 Å². The zero-order valence-electron chi connectivity index (χ0n) is 20.4. The van der Waals surface area contributed by atoms with Crippen LogP contribution in [0, 0.1) is 29.2 Å². The average Bonchev–Trinajstić information content (AvgIpc) is 3.23. The van der Waals surface area contributed by atoms with Crippen LogP contribution in [0.2, 0.25) is 0 Å². The molecule has 1 aliphatic rings. The number of hydrogen-bond acceptors (Lipinski definition) is 3. The molecule has 0 aromatic heterocycles. The van der Waals surface area contributed by atoms with Crippen LogP contribution in [0.4, 0.5) is 26.3 Å². The molecule has 200 valence electrons. The molecule has 3 aromatic rings. The van der Waals surface area contributed by atoms with Crippen LogP contribution < -0.4 is 9.47 Å². The van der Waals surface area contributed by atoms with Crippen molar-refractivity contribution in [3.8, 4) is 11.5 Å². The zero-order valence-corrected chi connectivity index (χ0v) is 20.4. The van der Waals surface area contributed by atoms with Crippen LogP contribution in [0.15, 0.2) is 49.0 Å². The maximum absolute atomic E-state index is 14.6. The molecule has 3 nitrogen and oxygen atoms in total. The summed E-state index contributed by atoms with van der Waals surface area (Å²) in [5.74, 6) is -8.13. The number of hydrogen-bond donors (Lipinski definition) is 0. The van der Waals surface area contributed by atoms with E-state index in [0.717, 1.165) is 49.3 Å². The van der Waals surface area contributed by atoms with Gasteiger partial charge >= 0.3 is 12.1 Å². The maximum atomic E-state index is 14.6. The Morgan fingerprint density at radius 1 is 0.947 bits per heavy atom. The van der Waals surface area contributed by atoms with Gasteiger partial charge in [0.25, 0.3) is 0 Å². The smallest absolute Gasteiger partial charge is 0.429 e. The third kappa shape index (κ3) is 5.71. The molecule has 1 unspecified atom stereocenters. The van der Waals surface area contributed by atoms with Crippen LogP contribution in [0.5, 0.6) is 11.5 Å². The van der Waals surface area contributed by atoms with Crippen molar-refractivity contribution in [2.24, 2.45) is 5.92 Å². The van der Waals surface area contributed by atoms with E-state index in [9.17, 15) is 31.1 Å². The highest BCUT2D eigenvalue weighted by atomic mass is 19.3. The van der Waals surface area contributed by atoms with Gasteiger partial charge in [-0.05, 0) is 48.4 Å². The fraction of sp³-hybridized carbons (Fsp3) is 0.276. The van der Waals surface area contributed by atoms with E-state index in [1.807, 2.05) is 6.07 Å². The summed E-state index contributed by atoms with van der Waals surface area (Å²) in [6, 6.07) is 6.71. The van der Waals surface area contributed by atoms with Gasteiger partial charge in [-0.2, -0.15) is 8.78 Å². The Hall–Kier alpha value is -3.75. The first-order valence-corrected chi connectivity index (χ1v) is 12.0. The van der Waals surface area contributed by atoms with E-state index >= 15 is 0 Å². The average molecular weight is 534 g/mol. The Balaban J connectivity index is 1.51. The number of carbonyl (C=O) groups is 1. The molecule has 1 atom stereocenters. The SMILES string of the molecule is C=Cc1c(F)cc(OC(F)(F)c2c(F)cc(OC(=O)c3ccc4c(c3)CC(CCCC)C4)cc2F)cc1F. The summed E-state index contributed by atoms with van der Waals surface area (Å²) in [6.07, 6.45) is 1.19. The van der Waals surface area contributed by atoms with Crippen molar-refractivity contribution in [2.45, 2.75) is 45.1 Å². The predicted molar refractivity (Wildman–Crippen MR) is 129 cm³/mol. The first kappa shape index (κ1) is 27.3. The molecule has 38 heavy (non-hydrogen) atoms. The number of halogens is 6. The quantitative estimate of drug-likeness (QED) is 0.158. The Morgan fingerprint density at radius 3 is 2.16 bits per heavy atom. The molecule has 0 saturated heterocycles. The number of esters is 1. The molecule has 0 bridgehead atoms. The summed E-state index contributed by atoms with van der Waals surface area (Å²) >= 11 is 0. The number of carbonyl (C=O) groups excluding carboxylic acids is 1. The van der Waals surface area contributed by atoms with E-state index in [2.05, 4.69) is 18.2 Å². The summed E-state index contributed by atoms with van der Waals surface area (Å²) < 4.78 is 95.5. The number of rotatable bonds is 9. The fourth-order valence-electron chi connectivity index (χ4n) is 4.60. The molecule has 9 heteroatoms. The van der Waals surface area contributed by atoms with E-state index in [-0.39, 0.29) is 5.56 Å². The monoisotopic (exact) mass is 534 g/mol. The predicted octanol–water partition coefficient (Wildman–Crippen LogP) is 8.14. The van der Waals surface area contributed by atoms with Crippen LogP contribution in [-0.4, -0.2) is 5.97 Å². The normalized spacial score (nSPS) is 14.8. The topological polar surface area (TPSA) is 35.5 Å². The van der Waals surface area contributed by atoms with Crippen molar-refractivity contribution < 1.29 is 40.6 Å². The van der Waals surface area contributed by atoms with Crippen LogP contribution in [0.1, 0.15) is 58.8 Å². The molecule has 0 amide bonds. The standard InChI is InChI=1S/C29H24F6O3/c1-3-5-6-16-9-17-7-8-18(11-19(17)10-16)28(36)37-20-12-25(32)27(26(33)13-20)29(34,35)38-21-14-23(30)22(4-2)24(31)15-21/h4,7-8,11-16H,2-3,5-6,9-10H2,1H3. The number of fused-ring (bicyclic) bond motifs is 1. The van der Waals surface area contributed by atoms with Crippen molar-refractivity contribution in [3.05, 3.63) is 100 Å². The largest absolute Gasteiger partial charge is 0.432 e. The van der Waals surface area contributed by atoms with Gasteiger partial charge < -0.3 is 9.47 Å². The van der Waals surface area contributed by atoms with Crippen LogP contribution in [0.3, 0.4) is 0 Å². The molecular weight excluding hydrogens is 510 g/mol. The van der Waals surface area contributed by atoms with E-state index in [1.165, 1.54) is 0 Å². The van der Waals surface area contributed by atoms with Crippen molar-refractivity contribution in [1.29, 1.82) is 0 Å². The van der Waals surface area contributed by atoms with Gasteiger partial charge in [-0.25, -0.2) is 22.4 Å². The summed E-state index contributed by atoms with van der Waals surface area (Å²) in [7, 11) is 0. The maximum Gasteiger partial charge on any atom is 0.432 e. The highest BCUT2D eigenvalue weighted by Crippen LogP contribution is 2.38. The summed E-state index contributed by atoms with van der Waals surface area (Å²) in [6.45, 7) is 5.32. The van der Waals surface area contributed by atoms with Gasteiger partial charge in [0.15, 0.2) is 0 Å². The van der Waals surface area contributed by atoms with E-state index in [0.29, 0.717) is 30.2 Å². The molecule has 0 radical (unpaired) electrons. The summed E-state index contributed by atoms with van der Waals surface area (Å²) in [5, 5.41) is 0. The Labute approximate surface area is 215 Å². The third-order valence-corrected chi connectivity index (χ3v) is 6.45. The molecule has 0 saturated carbocycles. The minimum Gasteiger partial charge on any atom is -0.429 e. The molecule has 1 aliphatic carbocycles. The van der Waals surface area contributed by atoms with E-state index in [1.54, 1.807) is 12.1 Å². The zero-order chi connectivity index (χ0) is 27.6. The van der Waals surface area contributed by atoms with E-state index < -0.39 is 58.0 Å². The first-order chi connectivity index (χ1) is 18.0. The highest BCUT2D eigenvalue weighted by molar-refractivity contribution is 5.91. The molecule has 0 fully saturated rings. The lowest BCUT2D eigenvalue weighted by Gasteiger charge is -2.20. The first-order valence-electron chi connectivity index (χ1n) is 12.0. The van der Waals surface area contributed by atoms with Crippen molar-refractivity contribution in [3.63, 3.8) is 0 Å². The van der Waals surface area contributed by atoms with Gasteiger partial charge in [-0.15, -0.1) is 0 Å². The number of benzene rings is 3. The lowest BCUT2D eigenvalue weighted by Crippen LogP contribution is -2.25. The third-order valence-electron chi connectivity index (χ3n) is 6.45. The van der Waals surface area contributed by atoms with Gasteiger partial charge in [-0.1, -0.05) is 38.5 Å². The number of unbranched alkanes of at least 4 members (excludes halogenated alkanes) is 1. The molecule has 3 aromatic carbocycles. The Bertz CT molecular complexity index is 1340. The molecule has 0 heterocycles. The Kier molecular flexibility index (Phi) is 7.85. The van der Waals surface area contributed by atoms with Gasteiger partial charge in [0.1, 0.15) is 40.3 Å². The Morgan fingerprint density at radius 2 is 1.55 bits per heavy atom. The van der Waals surface area contributed by atoms with Crippen LogP contribution in [0.25, 0.3) is 6.08 Å². The van der Waals surface area contributed by atoms with E-state index in [4.69, 9.17) is 4.74 Å². The van der Waals surface area contributed by atoms with Crippen molar-refractivity contribution >= 4 is 12.0 Å². The minimum atomic E-state index is -4.65. The molecule has 0 N–H and O–H groups in total. The molecular formula is C29H24F6O3. The van der Waals surface area contributed by atoms with Gasteiger partial charge in [0.2, 0.25) is 0 Å². The summed E-state index contributed by atoms with van der Waals surface area (Å²) in [4.78, 5) is 12.6. The lowest BCUT2D eigenvalue weighted by molar-refractivity contribution is -0.189. The molecule has 0 spiro atoms.